The number of amides is 1. The molecule has 1 aliphatic rings. The van der Waals surface area contributed by atoms with Crippen molar-refractivity contribution < 1.29 is 9.53 Å². The van der Waals surface area contributed by atoms with Gasteiger partial charge in [-0.3, -0.25) is 4.79 Å². The lowest BCUT2D eigenvalue weighted by molar-refractivity contribution is -0.138. The predicted molar refractivity (Wildman–Crippen MR) is 91.4 cm³/mol. The number of imidazole rings is 1. The van der Waals surface area contributed by atoms with Crippen molar-refractivity contribution in [2.45, 2.75) is 64.2 Å². The van der Waals surface area contributed by atoms with Crippen molar-refractivity contribution >= 4 is 11.9 Å². The molecule has 1 saturated carbocycles. The van der Waals surface area contributed by atoms with E-state index in [1.54, 1.807) is 6.20 Å². The number of anilines is 1. The fourth-order valence-corrected chi connectivity index (χ4v) is 3.08. The number of aromatic nitrogens is 2. The number of hydrogen-bond acceptors (Lipinski definition) is 4. The maximum Gasteiger partial charge on any atom is 0.249 e. The van der Waals surface area contributed by atoms with Crippen LogP contribution in [0.2, 0.25) is 0 Å². The van der Waals surface area contributed by atoms with E-state index in [1.165, 1.54) is 19.3 Å². The normalized spacial score (nSPS) is 17.0. The number of nitrogens with one attached hydrogen (secondary N) is 1. The highest BCUT2D eigenvalue weighted by molar-refractivity contribution is 5.80. The first kappa shape index (κ1) is 17.8. The van der Waals surface area contributed by atoms with Crippen molar-refractivity contribution in [1.82, 2.24) is 14.9 Å². The van der Waals surface area contributed by atoms with Gasteiger partial charge in [0, 0.05) is 21.1 Å². The van der Waals surface area contributed by atoms with Crippen LogP contribution in [0.25, 0.3) is 0 Å². The molecule has 130 valence electrons. The zero-order chi connectivity index (χ0) is 16.8. The Hall–Kier alpha value is -1.56. The van der Waals surface area contributed by atoms with E-state index in [0.717, 1.165) is 24.5 Å². The molecule has 6 nitrogen and oxygen atoms in total. The molecular formula is C17H30N4O2. The van der Waals surface area contributed by atoms with Crippen LogP contribution in [-0.2, 0) is 23.1 Å². The molecule has 1 fully saturated rings. The van der Waals surface area contributed by atoms with Crippen molar-refractivity contribution in [3.8, 4) is 0 Å². The van der Waals surface area contributed by atoms with Gasteiger partial charge < -0.3 is 19.5 Å². The fraction of sp³-hybridized carbons (Fsp3) is 0.765. The Morgan fingerprint density at radius 2 is 2.13 bits per heavy atom. The van der Waals surface area contributed by atoms with Gasteiger partial charge in [-0.2, -0.15) is 0 Å². The van der Waals surface area contributed by atoms with Gasteiger partial charge in [-0.05, 0) is 19.3 Å². The van der Waals surface area contributed by atoms with Crippen LogP contribution in [0.3, 0.4) is 0 Å². The number of rotatable bonds is 7. The Balaban J connectivity index is 1.86. The van der Waals surface area contributed by atoms with Gasteiger partial charge in [-0.15, -0.1) is 0 Å². The molecule has 1 heterocycles. The minimum absolute atomic E-state index is 0.0225. The third-order valence-corrected chi connectivity index (χ3v) is 4.48. The standard InChI is InChI=1S/C17H30N4O2/c1-5-15(23-14-9-7-6-8-10-14)16(22)18-11-13-12-19-17(20(2)3)21(13)4/h12,14-15H,5-11H2,1-4H3,(H,18,22)/t15-/m1/s1. The minimum atomic E-state index is -0.348. The van der Waals surface area contributed by atoms with Crippen LogP contribution >= 0.6 is 0 Å². The van der Waals surface area contributed by atoms with E-state index >= 15 is 0 Å². The molecule has 0 unspecified atom stereocenters. The Bertz CT molecular complexity index is 507. The van der Waals surface area contributed by atoms with Gasteiger partial charge in [0.05, 0.1) is 24.5 Å². The van der Waals surface area contributed by atoms with Crippen LogP contribution in [0.4, 0.5) is 5.95 Å². The van der Waals surface area contributed by atoms with Crippen molar-refractivity contribution in [3.05, 3.63) is 11.9 Å². The minimum Gasteiger partial charge on any atom is -0.365 e. The highest BCUT2D eigenvalue weighted by atomic mass is 16.5. The summed E-state index contributed by atoms with van der Waals surface area (Å²) in [6, 6.07) is 0. The molecule has 1 amide bonds. The smallest absolute Gasteiger partial charge is 0.249 e. The predicted octanol–water partition coefficient (Wildman–Crippen LogP) is 2.23. The summed E-state index contributed by atoms with van der Waals surface area (Å²) in [7, 11) is 5.87. The largest absolute Gasteiger partial charge is 0.365 e. The van der Waals surface area contributed by atoms with Gasteiger partial charge in [-0.25, -0.2) is 4.98 Å². The molecular weight excluding hydrogens is 292 g/mol. The summed E-state index contributed by atoms with van der Waals surface area (Å²) in [5, 5.41) is 2.99. The van der Waals surface area contributed by atoms with Gasteiger partial charge >= 0.3 is 0 Å². The fourth-order valence-electron chi connectivity index (χ4n) is 3.08. The third-order valence-electron chi connectivity index (χ3n) is 4.48. The van der Waals surface area contributed by atoms with E-state index in [9.17, 15) is 4.79 Å². The van der Waals surface area contributed by atoms with E-state index < -0.39 is 0 Å². The molecule has 0 bridgehead atoms. The summed E-state index contributed by atoms with van der Waals surface area (Å²) in [5.41, 5.74) is 0.981. The van der Waals surface area contributed by atoms with Crippen LogP contribution in [0, 0.1) is 0 Å². The molecule has 0 radical (unpaired) electrons. The van der Waals surface area contributed by atoms with E-state index in [-0.39, 0.29) is 18.1 Å². The quantitative estimate of drug-likeness (QED) is 0.836. The Kier molecular flexibility index (Phi) is 6.45. The Labute approximate surface area is 139 Å². The molecule has 1 atom stereocenters. The van der Waals surface area contributed by atoms with Gasteiger partial charge in [0.15, 0.2) is 0 Å². The summed E-state index contributed by atoms with van der Waals surface area (Å²) in [6.45, 7) is 2.47. The highest BCUT2D eigenvalue weighted by Gasteiger charge is 2.23. The number of nitrogens with zero attached hydrogens (tertiary/aromatic N) is 3. The summed E-state index contributed by atoms with van der Waals surface area (Å²) in [4.78, 5) is 18.7. The highest BCUT2D eigenvalue weighted by Crippen LogP contribution is 2.22. The molecule has 0 saturated heterocycles. The van der Waals surface area contributed by atoms with E-state index in [2.05, 4.69) is 10.3 Å². The second-order valence-electron chi connectivity index (χ2n) is 6.51. The third kappa shape index (κ3) is 4.70. The summed E-state index contributed by atoms with van der Waals surface area (Å²) in [6.07, 6.45) is 8.29. The first-order valence-corrected chi connectivity index (χ1v) is 8.64. The molecule has 2 rings (SSSR count). The van der Waals surface area contributed by atoms with Crippen LogP contribution in [-0.4, -0.2) is 41.8 Å². The molecule has 1 N–H and O–H groups in total. The second kappa shape index (κ2) is 8.34. The van der Waals surface area contributed by atoms with Crippen LogP contribution in [0.15, 0.2) is 6.20 Å². The molecule has 1 aromatic heterocycles. The van der Waals surface area contributed by atoms with Gasteiger partial charge in [-0.1, -0.05) is 26.2 Å². The first-order valence-electron chi connectivity index (χ1n) is 8.64. The van der Waals surface area contributed by atoms with Crippen molar-refractivity contribution in [2.24, 2.45) is 7.05 Å². The topological polar surface area (TPSA) is 59.4 Å². The number of carbonyl (C=O) groups is 1. The SMILES string of the molecule is CC[C@@H](OC1CCCCC1)C(=O)NCc1cnc(N(C)C)n1C. The summed E-state index contributed by atoms with van der Waals surface area (Å²) < 4.78 is 8.01. The first-order chi connectivity index (χ1) is 11.0. The Morgan fingerprint density at radius 1 is 1.43 bits per heavy atom. The average molecular weight is 322 g/mol. The van der Waals surface area contributed by atoms with Crippen LogP contribution in [0.1, 0.15) is 51.1 Å². The maximum absolute atomic E-state index is 12.4. The van der Waals surface area contributed by atoms with E-state index in [4.69, 9.17) is 4.74 Å². The molecule has 23 heavy (non-hydrogen) atoms. The second-order valence-corrected chi connectivity index (χ2v) is 6.51. The van der Waals surface area contributed by atoms with Crippen LogP contribution < -0.4 is 10.2 Å². The summed E-state index contributed by atoms with van der Waals surface area (Å²) in [5.74, 6) is 0.852. The van der Waals surface area contributed by atoms with Gasteiger partial charge in [0.1, 0.15) is 6.10 Å². The lowest BCUT2D eigenvalue weighted by atomic mass is 9.97. The molecule has 0 spiro atoms. The lowest BCUT2D eigenvalue weighted by Crippen LogP contribution is -2.38. The summed E-state index contributed by atoms with van der Waals surface area (Å²) >= 11 is 0. The van der Waals surface area contributed by atoms with E-state index in [1.807, 2.05) is 37.5 Å². The van der Waals surface area contributed by atoms with Crippen molar-refractivity contribution in [1.29, 1.82) is 0 Å². The number of carbonyl (C=O) groups excluding carboxylic acids is 1. The zero-order valence-corrected chi connectivity index (χ0v) is 14.8. The zero-order valence-electron chi connectivity index (χ0n) is 14.8. The monoisotopic (exact) mass is 322 g/mol. The average Bonchev–Trinajstić information content (AvgIpc) is 2.92. The number of ether oxygens (including phenoxy) is 1. The van der Waals surface area contributed by atoms with Crippen molar-refractivity contribution in [2.75, 3.05) is 19.0 Å². The Morgan fingerprint density at radius 3 is 2.70 bits per heavy atom. The lowest BCUT2D eigenvalue weighted by Gasteiger charge is -2.26. The van der Waals surface area contributed by atoms with Crippen molar-refractivity contribution in [3.63, 3.8) is 0 Å². The molecule has 0 aliphatic heterocycles. The maximum atomic E-state index is 12.4. The molecule has 6 heteroatoms. The molecule has 1 aliphatic carbocycles. The van der Waals surface area contributed by atoms with E-state index in [0.29, 0.717) is 13.0 Å². The van der Waals surface area contributed by atoms with Crippen LogP contribution in [0.5, 0.6) is 0 Å². The van der Waals surface area contributed by atoms with Gasteiger partial charge in [0.25, 0.3) is 0 Å². The molecule has 1 aromatic rings. The molecule has 0 aromatic carbocycles. The van der Waals surface area contributed by atoms with Gasteiger partial charge in [0.2, 0.25) is 11.9 Å². The number of hydrogen-bond donors (Lipinski definition) is 1.